The largest absolute Gasteiger partial charge is 0.490 e. The van der Waals surface area contributed by atoms with Crippen LogP contribution in [0.5, 0.6) is 5.75 Å². The van der Waals surface area contributed by atoms with E-state index in [1.54, 1.807) is 0 Å². The Labute approximate surface area is 318 Å². The molecule has 8 unspecified atom stereocenters. The molecule has 3 heterocycles. The van der Waals surface area contributed by atoms with Crippen molar-refractivity contribution in [3.8, 4) is 5.75 Å². The van der Waals surface area contributed by atoms with Gasteiger partial charge in [0.2, 0.25) is 0 Å². The first kappa shape index (κ1) is 39.3. The Morgan fingerprint density at radius 2 is 1.94 bits per heavy atom. The standard InChI is InChI=1S/C41H56ClFN4O2S.CH4O/c1-28-6-4-7-32(24-46-20-5-8-35(43)16-18-44-19-21-46)36-12-9-33(36)25-47-26-41(17-15-30-22-34(42)11-13-37(30)41)27-49-39-14-10-31(23-38(39)47)40(48)45-50(3)29(28)2;1-2/h4,7,10-11,13-14,22-23,28-29,32-33,35-36,44H,3,5-6,8-9,12,15-21,24-27H2,1-2H3,(H,45,48);2H,1H3/b7-4+;. The normalized spacial score (nSPS) is 33.5. The number of allylic oxidation sites excluding steroid dienone is 1. The van der Waals surface area contributed by atoms with E-state index in [0.717, 1.165) is 95.1 Å². The number of aryl methyl sites for hydroxylation is 1. The zero-order valence-corrected chi connectivity index (χ0v) is 33.0. The van der Waals surface area contributed by atoms with Crippen LogP contribution in [0.1, 0.15) is 80.3 Å². The van der Waals surface area contributed by atoms with Crippen molar-refractivity contribution in [1.29, 1.82) is 0 Å². The van der Waals surface area contributed by atoms with Gasteiger partial charge in [0.25, 0.3) is 5.91 Å². The molecular formula is C42H60ClFN4O3S. The molecule has 1 amide bonds. The van der Waals surface area contributed by atoms with Gasteiger partial charge in [0.1, 0.15) is 11.9 Å². The molecule has 286 valence electrons. The van der Waals surface area contributed by atoms with E-state index in [1.807, 2.05) is 18.2 Å². The molecule has 7 nitrogen and oxygen atoms in total. The number of aliphatic hydroxyl groups excluding tert-OH is 1. The van der Waals surface area contributed by atoms with E-state index >= 15 is 0 Å². The summed E-state index contributed by atoms with van der Waals surface area (Å²) in [4.78, 5) is 18.9. The van der Waals surface area contributed by atoms with E-state index in [9.17, 15) is 9.18 Å². The van der Waals surface area contributed by atoms with Gasteiger partial charge in [0, 0.05) is 61.1 Å². The second-order valence-electron chi connectivity index (χ2n) is 15.9. The minimum Gasteiger partial charge on any atom is -0.490 e. The number of anilines is 1. The lowest BCUT2D eigenvalue weighted by atomic mass is 9.66. The molecule has 0 radical (unpaired) electrons. The summed E-state index contributed by atoms with van der Waals surface area (Å²) in [5.41, 5.74) is 4.22. The first-order valence-corrected chi connectivity index (χ1v) is 21.4. The van der Waals surface area contributed by atoms with Gasteiger partial charge in [-0.15, -0.1) is 0 Å². The predicted octanol–water partition coefficient (Wildman–Crippen LogP) is 7.42. The number of carbonyl (C=O) groups excluding carboxylic acids is 1. The Hall–Kier alpha value is -2.43. The van der Waals surface area contributed by atoms with E-state index in [2.05, 4.69) is 69.9 Å². The average Bonchev–Trinajstić information content (AvgIpc) is 3.39. The molecule has 8 atom stereocenters. The Morgan fingerprint density at radius 3 is 2.75 bits per heavy atom. The first-order valence-electron chi connectivity index (χ1n) is 19.5. The van der Waals surface area contributed by atoms with Gasteiger partial charge in [-0.2, -0.15) is 0 Å². The number of aliphatic hydroxyl groups is 1. The highest BCUT2D eigenvalue weighted by Crippen LogP contribution is 2.48. The van der Waals surface area contributed by atoms with Crippen molar-refractivity contribution < 1.29 is 19.0 Å². The number of nitrogens with zero attached hydrogens (tertiary/aromatic N) is 2. The Balaban J connectivity index is 0.00000228. The fraction of sp³-hybridized carbons (Fsp3) is 0.619. The van der Waals surface area contributed by atoms with Gasteiger partial charge in [0.15, 0.2) is 0 Å². The van der Waals surface area contributed by atoms with Crippen LogP contribution in [-0.2, 0) is 11.8 Å². The molecule has 2 bridgehead atoms. The highest BCUT2D eigenvalue weighted by atomic mass is 35.5. The summed E-state index contributed by atoms with van der Waals surface area (Å²) in [6.45, 7) is 11.5. The van der Waals surface area contributed by atoms with Gasteiger partial charge in [-0.3, -0.25) is 4.79 Å². The van der Waals surface area contributed by atoms with Crippen LogP contribution in [-0.4, -0.2) is 92.7 Å². The number of fused-ring (bicyclic) bond motifs is 4. The molecule has 3 N–H and O–H groups in total. The zero-order chi connectivity index (χ0) is 36.8. The van der Waals surface area contributed by atoms with Crippen molar-refractivity contribution in [3.05, 3.63) is 70.3 Å². The van der Waals surface area contributed by atoms with E-state index in [-0.39, 0.29) is 16.6 Å². The number of benzene rings is 2. The predicted molar refractivity (Wildman–Crippen MR) is 216 cm³/mol. The van der Waals surface area contributed by atoms with Gasteiger partial charge in [-0.05, 0) is 130 Å². The van der Waals surface area contributed by atoms with Gasteiger partial charge < -0.3 is 29.7 Å². The fourth-order valence-electron chi connectivity index (χ4n) is 9.12. The summed E-state index contributed by atoms with van der Waals surface area (Å²) >= 11 is 6.46. The molecule has 0 aromatic heterocycles. The number of carbonyl (C=O) groups is 1. The minimum atomic E-state index is -0.708. The molecule has 52 heavy (non-hydrogen) atoms. The molecule has 5 aliphatic rings. The Bertz CT molecular complexity index is 1590. The van der Waals surface area contributed by atoms with E-state index < -0.39 is 16.8 Å². The molecule has 2 fully saturated rings. The highest BCUT2D eigenvalue weighted by Gasteiger charge is 2.45. The number of ether oxygens (including phenoxy) is 1. The molecule has 1 saturated carbocycles. The molecule has 2 aliphatic carbocycles. The monoisotopic (exact) mass is 754 g/mol. The van der Waals surface area contributed by atoms with Crippen LogP contribution < -0.4 is 19.7 Å². The van der Waals surface area contributed by atoms with Crippen LogP contribution >= 0.6 is 22.3 Å². The number of rotatable bonds is 2. The minimum absolute atomic E-state index is 0.0671. The summed E-state index contributed by atoms with van der Waals surface area (Å²) in [6, 6.07) is 12.4. The maximum absolute atomic E-state index is 14.4. The maximum Gasteiger partial charge on any atom is 0.260 e. The summed E-state index contributed by atoms with van der Waals surface area (Å²) in [7, 11) is 0.473. The Kier molecular flexibility index (Phi) is 13.4. The van der Waals surface area contributed by atoms with Crippen LogP contribution in [0.3, 0.4) is 0 Å². The quantitative estimate of drug-likeness (QED) is 0.219. The lowest BCUT2D eigenvalue weighted by molar-refractivity contribution is 0.0977. The molecule has 7 rings (SSSR count). The number of amides is 1. The fourth-order valence-corrected chi connectivity index (χ4v) is 10.5. The average molecular weight is 755 g/mol. The van der Waals surface area contributed by atoms with Gasteiger partial charge >= 0.3 is 0 Å². The third-order valence-corrected chi connectivity index (χ3v) is 14.7. The highest BCUT2D eigenvalue weighted by molar-refractivity contribution is 8.13. The van der Waals surface area contributed by atoms with Crippen molar-refractivity contribution in [3.63, 3.8) is 0 Å². The summed E-state index contributed by atoms with van der Waals surface area (Å²) in [6.07, 6.45) is 11.8. The Morgan fingerprint density at radius 1 is 1.10 bits per heavy atom. The second kappa shape index (κ2) is 17.8. The third-order valence-electron chi connectivity index (χ3n) is 12.6. The third kappa shape index (κ3) is 8.92. The van der Waals surface area contributed by atoms with E-state index in [1.165, 1.54) is 24.0 Å². The van der Waals surface area contributed by atoms with Crippen molar-refractivity contribution in [1.82, 2.24) is 14.9 Å². The van der Waals surface area contributed by atoms with E-state index in [4.69, 9.17) is 21.4 Å². The SMILES string of the molecule is C=S1NC(=O)c2ccc3c(c2)N(CC2CCC2C(CN2CCCC(F)CCNCC2)/C=C/CC(C)C1C)CC1(CCc2cc(Cl)ccc21)CO3.CO. The first-order chi connectivity index (χ1) is 25.2. The lowest BCUT2D eigenvalue weighted by Gasteiger charge is -2.46. The van der Waals surface area contributed by atoms with Crippen molar-refractivity contribution >= 4 is 39.7 Å². The second-order valence-corrected chi connectivity index (χ2v) is 18.1. The summed E-state index contributed by atoms with van der Waals surface area (Å²) in [5, 5.41) is 11.5. The number of hydrogen-bond acceptors (Lipinski definition) is 6. The van der Waals surface area contributed by atoms with Gasteiger partial charge in [-0.25, -0.2) is 4.39 Å². The van der Waals surface area contributed by atoms with Gasteiger partial charge in [-0.1, -0.05) is 60.2 Å². The number of halogens is 2. The number of hydrogen-bond donors (Lipinski definition) is 3. The molecule has 10 heteroatoms. The maximum atomic E-state index is 14.4. The van der Waals surface area contributed by atoms with Crippen LogP contribution in [0.25, 0.3) is 0 Å². The smallest absolute Gasteiger partial charge is 0.260 e. The number of nitrogens with one attached hydrogen (secondary N) is 2. The van der Waals surface area contributed by atoms with Crippen molar-refractivity contribution in [2.24, 2.45) is 23.7 Å². The van der Waals surface area contributed by atoms with E-state index in [0.29, 0.717) is 48.7 Å². The number of alkyl halides is 1. The molecular weight excluding hydrogens is 695 g/mol. The van der Waals surface area contributed by atoms with Crippen LogP contribution in [0.15, 0.2) is 48.6 Å². The summed E-state index contributed by atoms with van der Waals surface area (Å²) in [5.74, 6) is 7.12. The molecule has 1 spiro atoms. The molecule has 3 aliphatic heterocycles. The van der Waals surface area contributed by atoms with Crippen molar-refractivity contribution in [2.75, 3.05) is 64.4 Å². The molecule has 2 aromatic rings. The van der Waals surface area contributed by atoms with Gasteiger partial charge in [0.05, 0.1) is 12.3 Å². The summed E-state index contributed by atoms with van der Waals surface area (Å²) < 4.78 is 24.4. The topological polar surface area (TPSA) is 77.1 Å². The van der Waals surface area contributed by atoms with Crippen LogP contribution in [0, 0.1) is 23.7 Å². The van der Waals surface area contributed by atoms with Crippen LogP contribution in [0.4, 0.5) is 10.1 Å². The lowest BCUT2D eigenvalue weighted by Crippen LogP contribution is -2.48. The molecule has 2 aromatic carbocycles. The van der Waals surface area contributed by atoms with Crippen molar-refractivity contribution in [2.45, 2.75) is 82.1 Å². The zero-order valence-electron chi connectivity index (χ0n) is 31.4. The van der Waals surface area contributed by atoms with Crippen LogP contribution in [0.2, 0.25) is 5.02 Å². The molecule has 1 saturated heterocycles.